The molecule has 0 radical (unpaired) electrons. The standard InChI is InChI=1S/C25H27N5O5/c26-18(9-14-11-27-19-7-3-1-5-16(14)19)23(32)30-22(13-31)24(33)29-21(25(34)35)10-15-12-28-20-8-4-2-6-17(15)20/h1-8,11-12,18,21-22,27-28,31H,9-10,13,26H2,(H,29,33)(H,30,32)(H,34,35). The van der Waals surface area contributed by atoms with Crippen LogP contribution in [-0.2, 0) is 27.2 Å². The van der Waals surface area contributed by atoms with Crippen LogP contribution in [0.15, 0.2) is 60.9 Å². The number of hydrogen-bond acceptors (Lipinski definition) is 5. The molecule has 3 unspecified atom stereocenters. The predicted molar refractivity (Wildman–Crippen MR) is 131 cm³/mol. The minimum atomic E-state index is -1.35. The zero-order valence-corrected chi connectivity index (χ0v) is 18.8. The molecule has 2 amide bonds. The van der Waals surface area contributed by atoms with Gasteiger partial charge in [0, 0.05) is 40.6 Å². The van der Waals surface area contributed by atoms with E-state index in [9.17, 15) is 24.6 Å². The van der Waals surface area contributed by atoms with Gasteiger partial charge in [-0.2, -0.15) is 0 Å². The summed E-state index contributed by atoms with van der Waals surface area (Å²) in [4.78, 5) is 43.4. The van der Waals surface area contributed by atoms with Crippen LogP contribution in [0.5, 0.6) is 0 Å². The highest BCUT2D eigenvalue weighted by molar-refractivity contribution is 5.93. The van der Waals surface area contributed by atoms with Crippen molar-refractivity contribution in [3.63, 3.8) is 0 Å². The molecule has 10 heteroatoms. The topological polar surface area (TPSA) is 173 Å². The molecule has 2 heterocycles. The normalized spacial score (nSPS) is 13.9. The van der Waals surface area contributed by atoms with Gasteiger partial charge in [0.15, 0.2) is 0 Å². The molecule has 3 atom stereocenters. The molecule has 10 nitrogen and oxygen atoms in total. The maximum absolute atomic E-state index is 12.7. The van der Waals surface area contributed by atoms with Crippen LogP contribution >= 0.6 is 0 Å². The molecular formula is C25H27N5O5. The molecule has 35 heavy (non-hydrogen) atoms. The number of aliphatic hydroxyl groups is 1. The van der Waals surface area contributed by atoms with E-state index in [4.69, 9.17) is 5.73 Å². The van der Waals surface area contributed by atoms with Gasteiger partial charge in [-0.3, -0.25) is 9.59 Å². The number of H-pyrrole nitrogens is 2. The van der Waals surface area contributed by atoms with Crippen LogP contribution in [0, 0.1) is 0 Å². The fourth-order valence-corrected chi connectivity index (χ4v) is 4.10. The van der Waals surface area contributed by atoms with E-state index in [-0.39, 0.29) is 12.8 Å². The van der Waals surface area contributed by atoms with Gasteiger partial charge in [0.1, 0.15) is 12.1 Å². The number of aromatic nitrogens is 2. The molecular weight excluding hydrogens is 450 g/mol. The quantitative estimate of drug-likeness (QED) is 0.178. The van der Waals surface area contributed by atoms with Gasteiger partial charge in [0.05, 0.1) is 12.6 Å². The SMILES string of the molecule is NC(Cc1c[nH]c2ccccc12)C(=O)NC(CO)C(=O)NC(Cc1c[nH]c2ccccc12)C(=O)O. The van der Waals surface area contributed by atoms with Crippen molar-refractivity contribution in [1.29, 1.82) is 0 Å². The van der Waals surface area contributed by atoms with E-state index in [1.54, 1.807) is 12.4 Å². The third kappa shape index (κ3) is 5.34. The minimum Gasteiger partial charge on any atom is -0.480 e. The lowest BCUT2D eigenvalue weighted by Crippen LogP contribution is -2.56. The van der Waals surface area contributed by atoms with Crippen LogP contribution in [0.3, 0.4) is 0 Å². The summed E-state index contributed by atoms with van der Waals surface area (Å²) in [6.07, 6.45) is 3.71. The number of aliphatic carboxylic acids is 1. The summed E-state index contributed by atoms with van der Waals surface area (Å²) in [6, 6.07) is 11.4. The lowest BCUT2D eigenvalue weighted by molar-refractivity contribution is -0.142. The molecule has 0 saturated carbocycles. The van der Waals surface area contributed by atoms with E-state index in [1.807, 2.05) is 48.5 Å². The third-order valence-electron chi connectivity index (χ3n) is 5.98. The third-order valence-corrected chi connectivity index (χ3v) is 5.98. The average molecular weight is 478 g/mol. The van der Waals surface area contributed by atoms with Crippen molar-refractivity contribution in [2.24, 2.45) is 5.73 Å². The predicted octanol–water partition coefficient (Wildman–Crippen LogP) is 0.808. The molecule has 0 spiro atoms. The fourth-order valence-electron chi connectivity index (χ4n) is 4.10. The summed E-state index contributed by atoms with van der Waals surface area (Å²) in [6.45, 7) is -0.712. The Hall–Kier alpha value is -4.15. The highest BCUT2D eigenvalue weighted by Gasteiger charge is 2.28. The molecule has 2 aromatic carbocycles. The van der Waals surface area contributed by atoms with Crippen molar-refractivity contribution in [2.45, 2.75) is 31.0 Å². The van der Waals surface area contributed by atoms with Crippen molar-refractivity contribution in [2.75, 3.05) is 6.61 Å². The van der Waals surface area contributed by atoms with E-state index in [1.165, 1.54) is 0 Å². The molecule has 8 N–H and O–H groups in total. The van der Waals surface area contributed by atoms with Gasteiger partial charge in [-0.15, -0.1) is 0 Å². The summed E-state index contributed by atoms with van der Waals surface area (Å²) in [5.74, 6) is -2.68. The Morgan fingerprint density at radius 3 is 1.86 bits per heavy atom. The van der Waals surface area contributed by atoms with Crippen molar-refractivity contribution in [3.8, 4) is 0 Å². The number of rotatable bonds is 10. The van der Waals surface area contributed by atoms with Crippen molar-refractivity contribution in [1.82, 2.24) is 20.6 Å². The number of carboxylic acid groups (broad SMARTS) is 1. The molecule has 0 aliphatic rings. The molecule has 0 aliphatic carbocycles. The summed E-state index contributed by atoms with van der Waals surface area (Å²) < 4.78 is 0. The first kappa shape index (κ1) is 24.0. The number of aromatic amines is 2. The number of carboxylic acids is 1. The van der Waals surface area contributed by atoms with Crippen LogP contribution in [0.4, 0.5) is 0 Å². The van der Waals surface area contributed by atoms with Crippen LogP contribution < -0.4 is 16.4 Å². The maximum atomic E-state index is 12.7. The highest BCUT2D eigenvalue weighted by Crippen LogP contribution is 2.20. The lowest BCUT2D eigenvalue weighted by Gasteiger charge is -2.21. The molecule has 4 rings (SSSR count). The lowest BCUT2D eigenvalue weighted by atomic mass is 10.0. The Morgan fingerprint density at radius 1 is 0.800 bits per heavy atom. The highest BCUT2D eigenvalue weighted by atomic mass is 16.4. The number of fused-ring (bicyclic) bond motifs is 2. The van der Waals surface area contributed by atoms with E-state index >= 15 is 0 Å². The summed E-state index contributed by atoms with van der Waals surface area (Å²) in [7, 11) is 0. The summed E-state index contributed by atoms with van der Waals surface area (Å²) >= 11 is 0. The second-order valence-corrected chi connectivity index (χ2v) is 8.38. The van der Waals surface area contributed by atoms with Crippen LogP contribution in [0.25, 0.3) is 21.8 Å². The number of para-hydroxylation sites is 2. The van der Waals surface area contributed by atoms with Gasteiger partial charge >= 0.3 is 5.97 Å². The van der Waals surface area contributed by atoms with E-state index < -0.39 is 42.5 Å². The molecule has 182 valence electrons. The van der Waals surface area contributed by atoms with Crippen LogP contribution in [-0.4, -0.2) is 62.7 Å². The summed E-state index contributed by atoms with van der Waals surface area (Å²) in [5, 5.41) is 26.0. The first-order valence-corrected chi connectivity index (χ1v) is 11.2. The summed E-state index contributed by atoms with van der Waals surface area (Å²) in [5.41, 5.74) is 9.39. The second kappa shape index (κ2) is 10.4. The zero-order chi connectivity index (χ0) is 24.9. The Labute approximate surface area is 200 Å². The van der Waals surface area contributed by atoms with E-state index in [0.29, 0.717) is 0 Å². The van der Waals surface area contributed by atoms with E-state index in [2.05, 4.69) is 20.6 Å². The van der Waals surface area contributed by atoms with E-state index in [0.717, 1.165) is 32.9 Å². The number of hydrogen-bond donors (Lipinski definition) is 7. The number of amides is 2. The number of carbonyl (C=O) groups is 3. The van der Waals surface area contributed by atoms with Crippen molar-refractivity contribution in [3.05, 3.63) is 72.1 Å². The van der Waals surface area contributed by atoms with Gasteiger partial charge < -0.3 is 36.5 Å². The Morgan fingerprint density at radius 2 is 1.31 bits per heavy atom. The minimum absolute atomic E-state index is 0.0251. The first-order chi connectivity index (χ1) is 16.9. The van der Waals surface area contributed by atoms with Gasteiger partial charge in [-0.25, -0.2) is 4.79 Å². The molecule has 0 bridgehead atoms. The second-order valence-electron chi connectivity index (χ2n) is 8.38. The molecule has 0 fully saturated rings. The number of aliphatic hydroxyl groups excluding tert-OH is 1. The molecule has 0 aliphatic heterocycles. The maximum Gasteiger partial charge on any atom is 0.326 e. The number of nitrogens with two attached hydrogens (primary N) is 1. The van der Waals surface area contributed by atoms with Crippen molar-refractivity contribution < 1.29 is 24.6 Å². The van der Waals surface area contributed by atoms with Gasteiger partial charge in [-0.05, 0) is 29.7 Å². The zero-order valence-electron chi connectivity index (χ0n) is 18.8. The monoisotopic (exact) mass is 477 g/mol. The van der Waals surface area contributed by atoms with Crippen molar-refractivity contribution >= 4 is 39.6 Å². The largest absolute Gasteiger partial charge is 0.480 e. The number of benzene rings is 2. The Bertz CT molecular complexity index is 1360. The van der Waals surface area contributed by atoms with Gasteiger partial charge in [0.25, 0.3) is 0 Å². The van der Waals surface area contributed by atoms with Crippen LogP contribution in [0.1, 0.15) is 11.1 Å². The fraction of sp³-hybridized carbons (Fsp3) is 0.240. The Kier molecular flexibility index (Phi) is 7.14. The smallest absolute Gasteiger partial charge is 0.326 e. The molecule has 2 aromatic heterocycles. The van der Waals surface area contributed by atoms with Gasteiger partial charge in [0.2, 0.25) is 11.8 Å². The first-order valence-electron chi connectivity index (χ1n) is 11.2. The average Bonchev–Trinajstić information content (AvgIpc) is 3.46. The molecule has 0 saturated heterocycles. The number of nitrogens with one attached hydrogen (secondary N) is 4. The Balaban J connectivity index is 1.39. The van der Waals surface area contributed by atoms with Gasteiger partial charge in [-0.1, -0.05) is 36.4 Å². The molecule has 4 aromatic rings. The number of carbonyl (C=O) groups excluding carboxylic acids is 2. The van der Waals surface area contributed by atoms with Crippen LogP contribution in [0.2, 0.25) is 0 Å².